The van der Waals surface area contributed by atoms with Crippen LogP contribution in [0.2, 0.25) is 0 Å². The van der Waals surface area contributed by atoms with E-state index in [4.69, 9.17) is 4.74 Å². The van der Waals surface area contributed by atoms with Crippen LogP contribution in [0.3, 0.4) is 0 Å². The molecule has 0 aliphatic heterocycles. The molecule has 0 aromatic heterocycles. The minimum Gasteiger partial charge on any atom is -0.389 e. The van der Waals surface area contributed by atoms with Crippen LogP contribution in [0.25, 0.3) is 0 Å². The summed E-state index contributed by atoms with van der Waals surface area (Å²) in [5, 5.41) is 10.8. The molecule has 0 radical (unpaired) electrons. The van der Waals surface area contributed by atoms with Gasteiger partial charge in [0.05, 0.1) is 11.7 Å². The Labute approximate surface area is 110 Å². The van der Waals surface area contributed by atoms with E-state index in [1.807, 2.05) is 0 Å². The number of benzene rings is 1. The fraction of sp³-hybridized carbons (Fsp3) is 0.625. The van der Waals surface area contributed by atoms with Crippen LogP contribution < -0.4 is 0 Å². The van der Waals surface area contributed by atoms with Gasteiger partial charge in [-0.1, -0.05) is 18.2 Å². The van der Waals surface area contributed by atoms with E-state index in [0.29, 0.717) is 0 Å². The van der Waals surface area contributed by atoms with E-state index >= 15 is 0 Å². The Morgan fingerprint density at radius 2 is 2.00 bits per heavy atom. The van der Waals surface area contributed by atoms with E-state index in [0.717, 1.165) is 32.1 Å². The first kappa shape index (κ1) is 13.6. The summed E-state index contributed by atoms with van der Waals surface area (Å²) in [5.74, 6) is 0. The highest BCUT2D eigenvalue weighted by molar-refractivity contribution is 5.34. The van der Waals surface area contributed by atoms with Crippen molar-refractivity contribution in [1.29, 1.82) is 0 Å². The smallest absolute Gasteiger partial charge is 0.0712 e. The molecule has 0 bridgehead atoms. The Balaban J connectivity index is 2.17. The number of hydrogen-bond donors (Lipinski definition) is 1. The molecule has 1 saturated carbocycles. The first-order valence-electron chi connectivity index (χ1n) is 6.84. The van der Waals surface area contributed by atoms with Crippen molar-refractivity contribution in [2.75, 3.05) is 7.11 Å². The standard InChI is InChI=1S/C16H24O2/c1-12-6-4-7-13(2)15(12)11-16(17)9-5-8-14(10-16)18-3/h4,6-7,14,17H,5,8-11H2,1-3H3. The number of hydrogen-bond acceptors (Lipinski definition) is 2. The predicted molar refractivity (Wildman–Crippen MR) is 73.8 cm³/mol. The molecule has 0 saturated heterocycles. The number of rotatable bonds is 3. The minimum atomic E-state index is -0.588. The fourth-order valence-corrected chi connectivity index (χ4v) is 3.11. The summed E-state index contributed by atoms with van der Waals surface area (Å²) >= 11 is 0. The van der Waals surface area contributed by atoms with Crippen molar-refractivity contribution >= 4 is 0 Å². The summed E-state index contributed by atoms with van der Waals surface area (Å²) in [4.78, 5) is 0. The third-order valence-electron chi connectivity index (χ3n) is 4.26. The first-order valence-corrected chi connectivity index (χ1v) is 6.84. The van der Waals surface area contributed by atoms with Crippen LogP contribution in [0.5, 0.6) is 0 Å². The van der Waals surface area contributed by atoms with Crippen molar-refractivity contribution < 1.29 is 9.84 Å². The van der Waals surface area contributed by atoms with E-state index in [-0.39, 0.29) is 6.10 Å². The lowest BCUT2D eigenvalue weighted by Crippen LogP contribution is -2.40. The van der Waals surface area contributed by atoms with Gasteiger partial charge in [0.15, 0.2) is 0 Å². The van der Waals surface area contributed by atoms with E-state index < -0.39 is 5.60 Å². The second kappa shape index (κ2) is 5.41. The molecule has 2 atom stereocenters. The van der Waals surface area contributed by atoms with Crippen molar-refractivity contribution in [3.05, 3.63) is 34.9 Å². The van der Waals surface area contributed by atoms with E-state index in [1.165, 1.54) is 16.7 Å². The number of aryl methyl sites for hydroxylation is 2. The van der Waals surface area contributed by atoms with Crippen LogP contribution in [0.4, 0.5) is 0 Å². The highest BCUT2D eigenvalue weighted by Crippen LogP contribution is 2.34. The van der Waals surface area contributed by atoms with Crippen LogP contribution in [-0.4, -0.2) is 23.9 Å². The molecule has 0 heterocycles. The van der Waals surface area contributed by atoms with E-state index in [2.05, 4.69) is 32.0 Å². The number of ether oxygens (including phenoxy) is 1. The number of methoxy groups -OCH3 is 1. The molecule has 0 spiro atoms. The summed E-state index contributed by atoms with van der Waals surface area (Å²) in [6.07, 6.45) is 4.75. The largest absolute Gasteiger partial charge is 0.389 e. The molecular weight excluding hydrogens is 224 g/mol. The summed E-state index contributed by atoms with van der Waals surface area (Å²) in [6.45, 7) is 4.25. The number of aliphatic hydroxyl groups is 1. The lowest BCUT2D eigenvalue weighted by molar-refractivity contribution is -0.0582. The fourth-order valence-electron chi connectivity index (χ4n) is 3.11. The van der Waals surface area contributed by atoms with Crippen LogP contribution >= 0.6 is 0 Å². The molecule has 1 aromatic carbocycles. The van der Waals surface area contributed by atoms with E-state index in [9.17, 15) is 5.11 Å². The van der Waals surface area contributed by atoms with Crippen molar-refractivity contribution in [1.82, 2.24) is 0 Å². The molecule has 2 rings (SSSR count). The third-order valence-corrected chi connectivity index (χ3v) is 4.26. The minimum absolute atomic E-state index is 0.216. The molecule has 1 N–H and O–H groups in total. The van der Waals surface area contributed by atoms with Crippen LogP contribution in [0.1, 0.15) is 42.4 Å². The van der Waals surface area contributed by atoms with Gasteiger partial charge < -0.3 is 9.84 Å². The van der Waals surface area contributed by atoms with Crippen LogP contribution in [-0.2, 0) is 11.2 Å². The molecule has 18 heavy (non-hydrogen) atoms. The van der Waals surface area contributed by atoms with Crippen molar-refractivity contribution in [2.24, 2.45) is 0 Å². The normalized spacial score (nSPS) is 28.3. The van der Waals surface area contributed by atoms with Gasteiger partial charge in [-0.2, -0.15) is 0 Å². The van der Waals surface area contributed by atoms with Crippen molar-refractivity contribution in [2.45, 2.75) is 57.7 Å². The quantitative estimate of drug-likeness (QED) is 0.890. The molecule has 2 unspecified atom stereocenters. The molecule has 1 aromatic rings. The van der Waals surface area contributed by atoms with Gasteiger partial charge in [0.1, 0.15) is 0 Å². The topological polar surface area (TPSA) is 29.5 Å². The molecule has 100 valence electrons. The van der Waals surface area contributed by atoms with Crippen LogP contribution in [0.15, 0.2) is 18.2 Å². The maximum atomic E-state index is 10.8. The Morgan fingerprint density at radius 3 is 2.61 bits per heavy atom. The van der Waals surface area contributed by atoms with Gasteiger partial charge in [-0.25, -0.2) is 0 Å². The average molecular weight is 248 g/mol. The second-order valence-electron chi connectivity index (χ2n) is 5.73. The van der Waals surface area contributed by atoms with Crippen LogP contribution in [0, 0.1) is 13.8 Å². The molecular formula is C16H24O2. The van der Waals surface area contributed by atoms with Crippen molar-refractivity contribution in [3.63, 3.8) is 0 Å². The monoisotopic (exact) mass is 248 g/mol. The maximum absolute atomic E-state index is 10.8. The van der Waals surface area contributed by atoms with Gasteiger partial charge in [-0.15, -0.1) is 0 Å². The van der Waals surface area contributed by atoms with Gasteiger partial charge in [-0.3, -0.25) is 0 Å². The van der Waals surface area contributed by atoms with Gasteiger partial charge in [-0.05, 0) is 49.8 Å². The lowest BCUT2D eigenvalue weighted by atomic mass is 9.77. The molecule has 1 aliphatic carbocycles. The zero-order valence-electron chi connectivity index (χ0n) is 11.7. The zero-order chi connectivity index (χ0) is 13.2. The zero-order valence-corrected chi connectivity index (χ0v) is 11.7. The molecule has 0 amide bonds. The highest BCUT2D eigenvalue weighted by atomic mass is 16.5. The Bertz CT molecular complexity index is 393. The average Bonchev–Trinajstić information content (AvgIpc) is 2.34. The summed E-state index contributed by atoms with van der Waals surface area (Å²) in [5.41, 5.74) is 3.28. The Morgan fingerprint density at radius 1 is 1.33 bits per heavy atom. The van der Waals surface area contributed by atoms with Crippen molar-refractivity contribution in [3.8, 4) is 0 Å². The summed E-state index contributed by atoms with van der Waals surface area (Å²) in [7, 11) is 1.75. The van der Waals surface area contributed by atoms with Gasteiger partial charge in [0.25, 0.3) is 0 Å². The molecule has 1 aliphatic rings. The summed E-state index contributed by atoms with van der Waals surface area (Å²) < 4.78 is 5.42. The second-order valence-corrected chi connectivity index (χ2v) is 5.73. The van der Waals surface area contributed by atoms with E-state index in [1.54, 1.807) is 7.11 Å². The molecule has 1 fully saturated rings. The van der Waals surface area contributed by atoms with Gasteiger partial charge in [0.2, 0.25) is 0 Å². The maximum Gasteiger partial charge on any atom is 0.0712 e. The highest BCUT2D eigenvalue weighted by Gasteiger charge is 2.35. The lowest BCUT2D eigenvalue weighted by Gasteiger charge is -2.37. The van der Waals surface area contributed by atoms with Gasteiger partial charge in [0, 0.05) is 20.0 Å². The third kappa shape index (κ3) is 2.93. The molecule has 2 heteroatoms. The summed E-state index contributed by atoms with van der Waals surface area (Å²) in [6, 6.07) is 6.34. The molecule has 2 nitrogen and oxygen atoms in total. The SMILES string of the molecule is COC1CCCC(O)(Cc2c(C)cccc2C)C1. The Kier molecular flexibility index (Phi) is 4.08. The predicted octanol–water partition coefficient (Wildman–Crippen LogP) is 3.17. The Hall–Kier alpha value is -0.860. The van der Waals surface area contributed by atoms with Gasteiger partial charge >= 0.3 is 0 Å². The first-order chi connectivity index (χ1) is 8.54.